The second-order valence-electron chi connectivity index (χ2n) is 8.30. The van der Waals surface area contributed by atoms with E-state index in [9.17, 15) is 4.79 Å². The minimum absolute atomic E-state index is 0.0384. The fourth-order valence-corrected chi connectivity index (χ4v) is 3.91. The van der Waals surface area contributed by atoms with E-state index >= 15 is 0 Å². The molecule has 2 aromatic rings. The Morgan fingerprint density at radius 1 is 1.10 bits per heavy atom. The molecule has 0 unspecified atom stereocenters. The van der Waals surface area contributed by atoms with Gasteiger partial charge in [0.05, 0.1) is 20.1 Å². The van der Waals surface area contributed by atoms with Gasteiger partial charge in [-0.05, 0) is 18.9 Å². The summed E-state index contributed by atoms with van der Waals surface area (Å²) in [5.74, 6) is 0. The summed E-state index contributed by atoms with van der Waals surface area (Å²) < 4.78 is 17.9. The van der Waals surface area contributed by atoms with Crippen LogP contribution in [0.5, 0.6) is 0 Å². The van der Waals surface area contributed by atoms with E-state index < -0.39 is 12.4 Å². The Hall–Kier alpha value is -2.41. The number of amides is 1. The predicted molar refractivity (Wildman–Crippen MR) is 115 cm³/mol. The molecule has 1 amide bonds. The molecule has 3 rings (SSSR count). The van der Waals surface area contributed by atoms with Crippen molar-refractivity contribution < 1.29 is 23.5 Å². The number of carbonyl (C=O) groups is 1. The summed E-state index contributed by atoms with van der Waals surface area (Å²) in [5.41, 5.74) is 2.22. The average Bonchev–Trinajstić information content (AvgIpc) is 2.78. The van der Waals surface area contributed by atoms with E-state index in [2.05, 4.69) is 50.6 Å². The van der Waals surface area contributed by atoms with E-state index in [0.29, 0.717) is 4.48 Å². The van der Waals surface area contributed by atoms with E-state index in [0.717, 1.165) is 18.4 Å². The van der Waals surface area contributed by atoms with Crippen molar-refractivity contribution in [2.45, 2.75) is 51.0 Å². The SMILES string of the molecule is CO[C@H]1O[C@H]([N+](C)(C)[C@H](C)c2ccccc2)CC[C@H]1NC(=O)OCc1ccccc1. The standard InChI is InChI=1S/C24H32N2O4/c1-18(20-13-9-6-10-14-20)26(2,3)22-16-15-21(23(28-4)30-22)25-24(27)29-17-19-11-7-5-8-12-19/h5-14,18,21-23H,15-17H2,1-4H3/p+1/t18-,21-,22+,23+/m1/s1. The van der Waals surface area contributed by atoms with Gasteiger partial charge in [0, 0.05) is 19.1 Å². The number of alkyl carbamates (subject to hydrolysis) is 1. The number of quaternary nitrogens is 1. The summed E-state index contributed by atoms with van der Waals surface area (Å²) in [6.45, 7) is 2.45. The number of benzene rings is 2. The number of methoxy groups -OCH3 is 1. The molecular formula is C24H33N2O4+. The van der Waals surface area contributed by atoms with Gasteiger partial charge in [0.25, 0.3) is 0 Å². The van der Waals surface area contributed by atoms with Crippen molar-refractivity contribution in [2.75, 3.05) is 21.2 Å². The van der Waals surface area contributed by atoms with Crippen LogP contribution in [-0.4, -0.2) is 50.3 Å². The molecule has 1 saturated heterocycles. The number of hydrogen-bond donors (Lipinski definition) is 1. The highest BCUT2D eigenvalue weighted by molar-refractivity contribution is 5.67. The topological polar surface area (TPSA) is 56.8 Å². The maximum atomic E-state index is 12.3. The van der Waals surface area contributed by atoms with E-state index in [1.165, 1.54) is 5.56 Å². The fourth-order valence-electron chi connectivity index (χ4n) is 3.91. The molecule has 162 valence electrons. The van der Waals surface area contributed by atoms with Crippen molar-refractivity contribution in [3.8, 4) is 0 Å². The van der Waals surface area contributed by atoms with Gasteiger partial charge < -0.3 is 14.8 Å². The third-order valence-electron chi connectivity index (χ3n) is 6.12. The van der Waals surface area contributed by atoms with Gasteiger partial charge in [0.15, 0.2) is 12.5 Å². The van der Waals surface area contributed by atoms with Crippen LogP contribution >= 0.6 is 0 Å². The second kappa shape index (κ2) is 10.1. The Kier molecular flexibility index (Phi) is 7.48. The predicted octanol–water partition coefficient (Wildman–Crippen LogP) is 4.23. The first-order valence-electron chi connectivity index (χ1n) is 10.5. The number of rotatable bonds is 7. The monoisotopic (exact) mass is 413 g/mol. The number of carbonyl (C=O) groups excluding carboxylic acids is 1. The zero-order chi connectivity index (χ0) is 21.6. The van der Waals surface area contributed by atoms with E-state index in [4.69, 9.17) is 14.2 Å². The number of nitrogens with one attached hydrogen (secondary N) is 1. The average molecular weight is 414 g/mol. The third kappa shape index (κ3) is 5.39. The minimum atomic E-state index is -0.520. The summed E-state index contributed by atoms with van der Waals surface area (Å²) in [5, 5.41) is 2.90. The van der Waals surface area contributed by atoms with E-state index in [-0.39, 0.29) is 24.9 Å². The van der Waals surface area contributed by atoms with Crippen molar-refractivity contribution in [1.82, 2.24) is 5.32 Å². The smallest absolute Gasteiger partial charge is 0.407 e. The Morgan fingerprint density at radius 3 is 2.37 bits per heavy atom. The van der Waals surface area contributed by atoms with Gasteiger partial charge in [-0.3, -0.25) is 9.22 Å². The fraction of sp³-hybridized carbons (Fsp3) is 0.458. The van der Waals surface area contributed by atoms with Crippen LogP contribution in [0.4, 0.5) is 4.79 Å². The first-order valence-corrected chi connectivity index (χ1v) is 10.5. The highest BCUT2D eigenvalue weighted by Crippen LogP contribution is 2.33. The molecule has 6 nitrogen and oxygen atoms in total. The molecule has 0 aliphatic carbocycles. The number of ether oxygens (including phenoxy) is 3. The van der Waals surface area contributed by atoms with Gasteiger partial charge in [-0.15, -0.1) is 0 Å². The molecular weight excluding hydrogens is 380 g/mol. The Balaban J connectivity index is 1.57. The molecule has 4 atom stereocenters. The lowest BCUT2D eigenvalue weighted by molar-refractivity contribution is -0.967. The molecule has 30 heavy (non-hydrogen) atoms. The first-order chi connectivity index (χ1) is 14.4. The van der Waals surface area contributed by atoms with Gasteiger partial charge in [-0.2, -0.15) is 0 Å². The summed E-state index contributed by atoms with van der Waals surface area (Å²) in [7, 11) is 5.96. The second-order valence-corrected chi connectivity index (χ2v) is 8.30. The molecule has 6 heteroatoms. The quantitative estimate of drug-likeness (QED) is 0.690. The van der Waals surface area contributed by atoms with Crippen LogP contribution in [0, 0.1) is 0 Å². The molecule has 0 saturated carbocycles. The van der Waals surface area contributed by atoms with Crippen LogP contribution in [-0.2, 0) is 20.8 Å². The molecule has 1 N–H and O–H groups in total. The Labute approximate surface area is 179 Å². The Morgan fingerprint density at radius 2 is 1.73 bits per heavy atom. The highest BCUT2D eigenvalue weighted by atomic mass is 16.7. The highest BCUT2D eigenvalue weighted by Gasteiger charge is 2.43. The van der Waals surface area contributed by atoms with Crippen molar-refractivity contribution in [2.24, 2.45) is 0 Å². The lowest BCUT2D eigenvalue weighted by atomic mass is 10.0. The zero-order valence-corrected chi connectivity index (χ0v) is 18.3. The molecule has 1 aliphatic heterocycles. The number of nitrogens with zero attached hydrogens (tertiary/aromatic N) is 1. The van der Waals surface area contributed by atoms with Crippen LogP contribution in [0.15, 0.2) is 60.7 Å². The third-order valence-corrected chi connectivity index (χ3v) is 6.12. The van der Waals surface area contributed by atoms with Gasteiger partial charge in [-0.1, -0.05) is 60.7 Å². The molecule has 2 aromatic carbocycles. The number of hydrogen-bond acceptors (Lipinski definition) is 4. The molecule has 1 aliphatic rings. The molecule has 1 fully saturated rings. The molecule has 0 bridgehead atoms. The largest absolute Gasteiger partial charge is 0.445 e. The van der Waals surface area contributed by atoms with Crippen molar-refractivity contribution in [3.05, 3.63) is 71.8 Å². The minimum Gasteiger partial charge on any atom is -0.445 e. The van der Waals surface area contributed by atoms with Crippen molar-refractivity contribution >= 4 is 6.09 Å². The summed E-state index contributed by atoms with van der Waals surface area (Å²) in [6, 6.07) is 20.1. The van der Waals surface area contributed by atoms with Gasteiger partial charge in [0.1, 0.15) is 12.6 Å². The van der Waals surface area contributed by atoms with Crippen LogP contribution in [0.3, 0.4) is 0 Å². The van der Waals surface area contributed by atoms with E-state index in [1.807, 2.05) is 36.4 Å². The van der Waals surface area contributed by atoms with Gasteiger partial charge >= 0.3 is 6.09 Å². The van der Waals surface area contributed by atoms with Crippen molar-refractivity contribution in [3.63, 3.8) is 0 Å². The summed E-state index contributed by atoms with van der Waals surface area (Å²) >= 11 is 0. The maximum Gasteiger partial charge on any atom is 0.407 e. The first kappa shape index (κ1) is 22.3. The molecule has 0 aromatic heterocycles. The lowest BCUT2D eigenvalue weighted by Gasteiger charge is -2.46. The summed E-state index contributed by atoms with van der Waals surface area (Å²) in [6.07, 6.45) is 0.553. The van der Waals surface area contributed by atoms with Crippen LogP contribution in [0.1, 0.15) is 36.9 Å². The molecule has 1 heterocycles. The molecule has 0 spiro atoms. The maximum absolute atomic E-state index is 12.3. The van der Waals surface area contributed by atoms with E-state index in [1.54, 1.807) is 7.11 Å². The van der Waals surface area contributed by atoms with Crippen LogP contribution in [0.25, 0.3) is 0 Å². The van der Waals surface area contributed by atoms with Crippen LogP contribution in [0.2, 0.25) is 0 Å². The Bertz CT molecular complexity index is 797. The van der Waals surface area contributed by atoms with Gasteiger partial charge in [-0.25, -0.2) is 4.79 Å². The zero-order valence-electron chi connectivity index (χ0n) is 18.3. The van der Waals surface area contributed by atoms with Crippen molar-refractivity contribution in [1.29, 1.82) is 0 Å². The normalized spacial score (nSPS) is 22.9. The summed E-state index contributed by atoms with van der Waals surface area (Å²) in [4.78, 5) is 12.3. The molecule has 0 radical (unpaired) electrons. The van der Waals surface area contributed by atoms with Crippen LogP contribution < -0.4 is 5.32 Å². The van der Waals surface area contributed by atoms with Gasteiger partial charge in [0.2, 0.25) is 0 Å². The lowest BCUT2D eigenvalue weighted by Crippen LogP contribution is -2.59.